The Morgan fingerprint density at radius 1 is 1.33 bits per heavy atom. The van der Waals surface area contributed by atoms with Crippen LogP contribution in [0.4, 0.5) is 14.5 Å². The molecule has 0 fully saturated rings. The Kier molecular flexibility index (Phi) is 3.10. The number of halogens is 2. The summed E-state index contributed by atoms with van der Waals surface area (Å²) in [5.74, 6) is -2.37. The lowest BCUT2D eigenvalue weighted by Gasteiger charge is -2.05. The van der Waals surface area contributed by atoms with Gasteiger partial charge in [-0.3, -0.25) is 9.48 Å². The van der Waals surface area contributed by atoms with Crippen molar-refractivity contribution >= 4 is 11.6 Å². The maximum absolute atomic E-state index is 13.0. The van der Waals surface area contributed by atoms with Crippen molar-refractivity contribution < 1.29 is 13.6 Å². The van der Waals surface area contributed by atoms with Crippen LogP contribution in [0.1, 0.15) is 16.1 Å². The number of nitrogens with one attached hydrogen (secondary N) is 1. The third kappa shape index (κ3) is 2.22. The van der Waals surface area contributed by atoms with Gasteiger partial charge in [-0.25, -0.2) is 8.78 Å². The second kappa shape index (κ2) is 4.56. The van der Waals surface area contributed by atoms with Crippen molar-refractivity contribution in [2.24, 2.45) is 7.05 Å². The van der Waals surface area contributed by atoms with E-state index >= 15 is 0 Å². The van der Waals surface area contributed by atoms with Gasteiger partial charge < -0.3 is 5.32 Å². The lowest BCUT2D eigenvalue weighted by atomic mass is 10.2. The molecule has 18 heavy (non-hydrogen) atoms. The Hall–Kier alpha value is -2.24. The minimum Gasteiger partial charge on any atom is -0.322 e. The highest BCUT2D eigenvalue weighted by Gasteiger charge is 2.13. The zero-order valence-corrected chi connectivity index (χ0v) is 9.87. The molecule has 1 aromatic carbocycles. The molecule has 2 rings (SSSR count). The third-order valence-corrected chi connectivity index (χ3v) is 2.66. The summed E-state index contributed by atoms with van der Waals surface area (Å²) < 4.78 is 27.3. The molecule has 1 N–H and O–H groups in total. The predicted molar refractivity (Wildman–Crippen MR) is 62.3 cm³/mol. The number of hydrogen-bond acceptors (Lipinski definition) is 2. The van der Waals surface area contributed by atoms with Gasteiger partial charge in [-0.2, -0.15) is 5.10 Å². The number of rotatable bonds is 2. The Morgan fingerprint density at radius 2 is 2.06 bits per heavy atom. The number of amides is 1. The SMILES string of the molecule is Cc1c(C(=O)Nc2ccc(F)c(F)c2)cnn1C. The van der Waals surface area contributed by atoms with Gasteiger partial charge in [-0.05, 0) is 19.1 Å². The predicted octanol–water partition coefficient (Wildman–Crippen LogP) is 2.26. The molecular formula is C12H11F2N3O. The number of aromatic nitrogens is 2. The van der Waals surface area contributed by atoms with Gasteiger partial charge in [0.2, 0.25) is 0 Å². The van der Waals surface area contributed by atoms with Crippen molar-refractivity contribution in [1.29, 1.82) is 0 Å². The summed E-state index contributed by atoms with van der Waals surface area (Å²) in [6.07, 6.45) is 1.42. The molecule has 0 aliphatic heterocycles. The number of anilines is 1. The molecule has 0 saturated carbocycles. The Labute approximate surface area is 102 Å². The number of benzene rings is 1. The van der Waals surface area contributed by atoms with Gasteiger partial charge in [0.1, 0.15) is 0 Å². The van der Waals surface area contributed by atoms with Crippen LogP contribution in [-0.4, -0.2) is 15.7 Å². The third-order valence-electron chi connectivity index (χ3n) is 2.66. The lowest BCUT2D eigenvalue weighted by Crippen LogP contribution is -2.13. The van der Waals surface area contributed by atoms with Crippen LogP contribution in [0, 0.1) is 18.6 Å². The average molecular weight is 251 g/mol. The lowest BCUT2D eigenvalue weighted by molar-refractivity contribution is 0.102. The summed E-state index contributed by atoms with van der Waals surface area (Å²) >= 11 is 0. The highest BCUT2D eigenvalue weighted by atomic mass is 19.2. The summed E-state index contributed by atoms with van der Waals surface area (Å²) in [5.41, 5.74) is 1.28. The van der Waals surface area contributed by atoms with Crippen molar-refractivity contribution in [2.75, 3.05) is 5.32 Å². The number of carbonyl (C=O) groups excluding carboxylic acids is 1. The maximum atomic E-state index is 13.0. The molecule has 2 aromatic rings. The molecule has 1 heterocycles. The standard InChI is InChI=1S/C12H11F2N3O/c1-7-9(6-15-17(7)2)12(18)16-8-3-4-10(13)11(14)5-8/h3-6H,1-2H3,(H,16,18). The molecule has 0 bridgehead atoms. The monoisotopic (exact) mass is 251 g/mol. The van der Waals surface area contributed by atoms with E-state index in [0.717, 1.165) is 12.1 Å². The second-order valence-corrected chi connectivity index (χ2v) is 3.85. The Morgan fingerprint density at radius 3 is 2.61 bits per heavy atom. The summed E-state index contributed by atoms with van der Waals surface area (Å²) in [5, 5.41) is 6.41. The van der Waals surface area contributed by atoms with Crippen LogP contribution in [0.2, 0.25) is 0 Å². The fourth-order valence-corrected chi connectivity index (χ4v) is 1.49. The van der Waals surface area contributed by atoms with Gasteiger partial charge in [0.25, 0.3) is 5.91 Å². The molecule has 1 amide bonds. The minimum atomic E-state index is -1.00. The first-order valence-electron chi connectivity index (χ1n) is 5.24. The number of carbonyl (C=O) groups is 1. The minimum absolute atomic E-state index is 0.196. The summed E-state index contributed by atoms with van der Waals surface area (Å²) in [6.45, 7) is 1.74. The second-order valence-electron chi connectivity index (χ2n) is 3.85. The van der Waals surface area contributed by atoms with Crippen LogP contribution >= 0.6 is 0 Å². The molecule has 0 unspecified atom stereocenters. The highest BCUT2D eigenvalue weighted by Crippen LogP contribution is 2.15. The molecule has 4 nitrogen and oxygen atoms in total. The van der Waals surface area contributed by atoms with E-state index in [1.807, 2.05) is 0 Å². The maximum Gasteiger partial charge on any atom is 0.259 e. The van der Waals surface area contributed by atoms with E-state index in [-0.39, 0.29) is 5.69 Å². The van der Waals surface area contributed by atoms with Crippen LogP contribution in [0.25, 0.3) is 0 Å². The average Bonchev–Trinajstić information content (AvgIpc) is 2.65. The van der Waals surface area contributed by atoms with Crippen molar-refractivity contribution in [1.82, 2.24) is 9.78 Å². The molecule has 0 spiro atoms. The van der Waals surface area contributed by atoms with E-state index in [9.17, 15) is 13.6 Å². The fourth-order valence-electron chi connectivity index (χ4n) is 1.49. The molecule has 94 valence electrons. The Bertz CT molecular complexity index is 607. The van der Waals surface area contributed by atoms with Gasteiger partial charge in [0.05, 0.1) is 11.8 Å². The first kappa shape index (κ1) is 12.2. The first-order valence-corrected chi connectivity index (χ1v) is 5.24. The largest absolute Gasteiger partial charge is 0.322 e. The quantitative estimate of drug-likeness (QED) is 0.889. The van der Waals surface area contributed by atoms with Crippen LogP contribution in [-0.2, 0) is 7.05 Å². The number of aryl methyl sites for hydroxylation is 1. The van der Waals surface area contributed by atoms with Crippen molar-refractivity contribution in [3.63, 3.8) is 0 Å². The van der Waals surface area contributed by atoms with E-state index in [4.69, 9.17) is 0 Å². The van der Waals surface area contributed by atoms with Crippen LogP contribution in [0.15, 0.2) is 24.4 Å². The molecule has 6 heteroatoms. The van der Waals surface area contributed by atoms with Gasteiger partial charge in [0, 0.05) is 24.5 Å². The molecule has 0 saturated heterocycles. The van der Waals surface area contributed by atoms with Gasteiger partial charge in [0.15, 0.2) is 11.6 Å². The van der Waals surface area contributed by atoms with Gasteiger partial charge >= 0.3 is 0 Å². The van der Waals surface area contributed by atoms with Crippen LogP contribution in [0.3, 0.4) is 0 Å². The topological polar surface area (TPSA) is 46.9 Å². The molecule has 0 aliphatic carbocycles. The van der Waals surface area contributed by atoms with E-state index in [1.165, 1.54) is 12.3 Å². The summed E-state index contributed by atoms with van der Waals surface area (Å²) in [4.78, 5) is 11.9. The number of hydrogen-bond donors (Lipinski definition) is 1. The fraction of sp³-hybridized carbons (Fsp3) is 0.167. The smallest absolute Gasteiger partial charge is 0.259 e. The van der Waals surface area contributed by atoms with Crippen molar-refractivity contribution in [3.05, 3.63) is 47.3 Å². The van der Waals surface area contributed by atoms with Gasteiger partial charge in [-0.1, -0.05) is 0 Å². The molecule has 0 radical (unpaired) electrons. The van der Waals surface area contributed by atoms with Crippen LogP contribution in [0.5, 0.6) is 0 Å². The van der Waals surface area contributed by atoms with E-state index in [1.54, 1.807) is 18.7 Å². The molecule has 0 atom stereocenters. The first-order chi connectivity index (χ1) is 8.49. The molecular weight excluding hydrogens is 240 g/mol. The van der Waals surface area contributed by atoms with Crippen molar-refractivity contribution in [3.8, 4) is 0 Å². The zero-order chi connectivity index (χ0) is 13.3. The van der Waals surface area contributed by atoms with Crippen LogP contribution < -0.4 is 5.32 Å². The van der Waals surface area contributed by atoms with Crippen molar-refractivity contribution in [2.45, 2.75) is 6.92 Å². The van der Waals surface area contributed by atoms with E-state index < -0.39 is 17.5 Å². The summed E-state index contributed by atoms with van der Waals surface area (Å²) in [6, 6.07) is 3.18. The number of nitrogens with zero attached hydrogens (tertiary/aromatic N) is 2. The van der Waals surface area contributed by atoms with E-state index in [0.29, 0.717) is 11.3 Å². The highest BCUT2D eigenvalue weighted by molar-refractivity contribution is 6.04. The molecule has 1 aromatic heterocycles. The normalized spacial score (nSPS) is 10.4. The Balaban J connectivity index is 2.21. The zero-order valence-electron chi connectivity index (χ0n) is 9.87. The molecule has 0 aliphatic rings. The van der Waals surface area contributed by atoms with E-state index in [2.05, 4.69) is 10.4 Å². The van der Waals surface area contributed by atoms with Gasteiger partial charge in [-0.15, -0.1) is 0 Å². The summed E-state index contributed by atoms with van der Waals surface area (Å²) in [7, 11) is 1.71.